The third-order valence-electron chi connectivity index (χ3n) is 5.28. The molecule has 0 aromatic carbocycles. The Morgan fingerprint density at radius 2 is 2.14 bits per heavy atom. The van der Waals surface area contributed by atoms with E-state index in [0.717, 1.165) is 5.56 Å². The predicted molar refractivity (Wildman–Crippen MR) is 144 cm³/mol. The van der Waals surface area contributed by atoms with Crippen molar-refractivity contribution in [3.8, 4) is 6.07 Å². The number of pyridine rings is 2. The second-order valence-electron chi connectivity index (χ2n) is 8.37. The first kappa shape index (κ1) is 27.0. The van der Waals surface area contributed by atoms with Gasteiger partial charge in [0, 0.05) is 23.8 Å². The van der Waals surface area contributed by atoms with Crippen molar-refractivity contribution in [1.29, 1.82) is 5.26 Å². The molecule has 3 heterocycles. The molecule has 0 spiro atoms. The molecule has 3 aromatic heterocycles. The average molecular weight is 550 g/mol. The number of allylic oxidation sites excluding steroid dienone is 4. The van der Waals surface area contributed by atoms with Crippen LogP contribution < -0.4 is 11.0 Å². The molecule has 36 heavy (non-hydrogen) atoms. The van der Waals surface area contributed by atoms with Gasteiger partial charge in [0.15, 0.2) is 5.49 Å². The van der Waals surface area contributed by atoms with Crippen LogP contribution >= 0.6 is 15.9 Å². The molecule has 0 aliphatic heterocycles. The Labute approximate surface area is 217 Å². The van der Waals surface area contributed by atoms with Crippen molar-refractivity contribution in [1.82, 2.24) is 14.0 Å². The first-order valence-electron chi connectivity index (χ1n) is 11.5. The van der Waals surface area contributed by atoms with Gasteiger partial charge in [0.2, 0.25) is 0 Å². The number of hydrogen-bond acceptors (Lipinski definition) is 5. The maximum absolute atomic E-state index is 13.3. The minimum atomic E-state index is -0.443. The SMILES string of the molecule is C=C/C=C/C=C(\Br)CC(=O)N=c1c(C#N)cc2c(=O)n3cccc(C)c3nc2n1CCCOC(C)C. The number of aryl methyl sites for hydroxylation is 2. The number of rotatable bonds is 9. The first-order valence-corrected chi connectivity index (χ1v) is 12.3. The fourth-order valence-electron chi connectivity index (χ4n) is 3.64. The molecule has 0 N–H and O–H groups in total. The summed E-state index contributed by atoms with van der Waals surface area (Å²) in [7, 11) is 0. The zero-order chi connectivity index (χ0) is 26.2. The highest BCUT2D eigenvalue weighted by atomic mass is 79.9. The Hall–Kier alpha value is -3.61. The van der Waals surface area contributed by atoms with Crippen LogP contribution in [-0.4, -0.2) is 32.6 Å². The molecule has 9 heteroatoms. The molecular formula is C27H28BrN5O3. The summed E-state index contributed by atoms with van der Waals surface area (Å²) >= 11 is 3.38. The Morgan fingerprint density at radius 3 is 2.83 bits per heavy atom. The van der Waals surface area contributed by atoms with Crippen LogP contribution in [0.15, 0.2) is 69.5 Å². The summed E-state index contributed by atoms with van der Waals surface area (Å²) in [5.41, 5.74) is 1.70. The summed E-state index contributed by atoms with van der Waals surface area (Å²) in [5, 5.41) is 10.2. The molecular weight excluding hydrogens is 522 g/mol. The number of aromatic nitrogens is 3. The number of amides is 1. The van der Waals surface area contributed by atoms with Crippen LogP contribution in [0.25, 0.3) is 16.7 Å². The lowest BCUT2D eigenvalue weighted by atomic mass is 10.2. The van der Waals surface area contributed by atoms with Gasteiger partial charge in [0.05, 0.1) is 23.5 Å². The van der Waals surface area contributed by atoms with Crippen LogP contribution in [0.4, 0.5) is 0 Å². The summed E-state index contributed by atoms with van der Waals surface area (Å²) < 4.78 is 9.45. The number of carbonyl (C=O) groups is 1. The van der Waals surface area contributed by atoms with E-state index in [-0.39, 0.29) is 34.5 Å². The van der Waals surface area contributed by atoms with E-state index in [1.54, 1.807) is 41.1 Å². The highest BCUT2D eigenvalue weighted by Crippen LogP contribution is 2.14. The normalized spacial score (nSPS) is 12.7. The van der Waals surface area contributed by atoms with Crippen LogP contribution in [0.1, 0.15) is 37.8 Å². The van der Waals surface area contributed by atoms with E-state index in [1.807, 2.05) is 26.8 Å². The summed E-state index contributed by atoms with van der Waals surface area (Å²) in [5.74, 6) is -0.443. The number of ether oxygens (including phenoxy) is 1. The molecule has 186 valence electrons. The van der Waals surface area contributed by atoms with Gasteiger partial charge < -0.3 is 9.30 Å². The van der Waals surface area contributed by atoms with Crippen LogP contribution in [0.2, 0.25) is 0 Å². The summed E-state index contributed by atoms with van der Waals surface area (Å²) in [6.07, 6.45) is 9.15. The van der Waals surface area contributed by atoms with Crippen molar-refractivity contribution >= 4 is 38.5 Å². The largest absolute Gasteiger partial charge is 0.379 e. The van der Waals surface area contributed by atoms with E-state index in [4.69, 9.17) is 9.72 Å². The maximum atomic E-state index is 13.3. The van der Waals surface area contributed by atoms with E-state index in [9.17, 15) is 14.9 Å². The van der Waals surface area contributed by atoms with E-state index >= 15 is 0 Å². The van der Waals surface area contributed by atoms with Gasteiger partial charge in [-0.25, -0.2) is 4.98 Å². The van der Waals surface area contributed by atoms with Gasteiger partial charge in [-0.2, -0.15) is 10.3 Å². The molecule has 0 atom stereocenters. The molecule has 3 aromatic rings. The van der Waals surface area contributed by atoms with E-state index in [2.05, 4.69) is 33.6 Å². The lowest BCUT2D eigenvalue weighted by molar-refractivity contribution is -0.117. The second-order valence-corrected chi connectivity index (χ2v) is 9.39. The lowest BCUT2D eigenvalue weighted by Gasteiger charge is -2.15. The Morgan fingerprint density at radius 1 is 1.36 bits per heavy atom. The number of nitrogens with zero attached hydrogens (tertiary/aromatic N) is 5. The number of carbonyl (C=O) groups excluding carboxylic acids is 1. The summed E-state index contributed by atoms with van der Waals surface area (Å²) in [4.78, 5) is 35.2. The number of nitriles is 1. The van der Waals surface area contributed by atoms with E-state index in [1.165, 1.54) is 10.5 Å². The van der Waals surface area contributed by atoms with Crippen molar-refractivity contribution in [2.75, 3.05) is 6.61 Å². The van der Waals surface area contributed by atoms with Gasteiger partial charge in [-0.05, 0) is 44.9 Å². The molecule has 0 radical (unpaired) electrons. The van der Waals surface area contributed by atoms with Crippen molar-refractivity contribution < 1.29 is 9.53 Å². The van der Waals surface area contributed by atoms with Gasteiger partial charge in [-0.3, -0.25) is 14.0 Å². The predicted octanol–water partition coefficient (Wildman–Crippen LogP) is 4.48. The van der Waals surface area contributed by atoms with Crippen molar-refractivity contribution in [2.45, 2.75) is 46.3 Å². The molecule has 0 aliphatic carbocycles. The Balaban J connectivity index is 2.24. The number of fused-ring (bicyclic) bond motifs is 2. The minimum Gasteiger partial charge on any atom is -0.379 e. The van der Waals surface area contributed by atoms with Crippen molar-refractivity contribution in [2.24, 2.45) is 4.99 Å². The average Bonchev–Trinajstić information content (AvgIpc) is 2.83. The van der Waals surface area contributed by atoms with Gasteiger partial charge >= 0.3 is 0 Å². The molecule has 0 bridgehead atoms. The molecule has 0 saturated carbocycles. The third kappa shape index (κ3) is 6.33. The monoisotopic (exact) mass is 549 g/mol. The van der Waals surface area contributed by atoms with Crippen molar-refractivity contribution in [3.63, 3.8) is 0 Å². The topological polar surface area (TPSA) is 102 Å². The molecule has 1 amide bonds. The minimum absolute atomic E-state index is 0.00770. The van der Waals surface area contributed by atoms with Gasteiger partial charge in [0.25, 0.3) is 11.5 Å². The second kappa shape index (κ2) is 12.4. The van der Waals surface area contributed by atoms with Gasteiger partial charge in [0.1, 0.15) is 17.4 Å². The van der Waals surface area contributed by atoms with E-state index < -0.39 is 5.91 Å². The van der Waals surface area contributed by atoms with Crippen LogP contribution in [0.5, 0.6) is 0 Å². The summed E-state index contributed by atoms with van der Waals surface area (Å²) in [6.45, 7) is 10.2. The Kier molecular flexibility index (Phi) is 9.28. The van der Waals surface area contributed by atoms with Crippen LogP contribution in [0.3, 0.4) is 0 Å². The van der Waals surface area contributed by atoms with E-state index in [0.29, 0.717) is 35.3 Å². The maximum Gasteiger partial charge on any atom is 0.267 e. The van der Waals surface area contributed by atoms with Crippen molar-refractivity contribution in [3.05, 3.63) is 86.7 Å². The standard InChI is InChI=1S/C27H28BrN5O3/c1-5-6-7-11-21(28)16-23(34)30-25-20(17-29)15-22-26(32(25)13-9-14-36-18(2)3)31-24-19(4)10-8-12-33(24)27(22)35/h5-8,10-12,15,18H,1,9,13-14,16H2,2-4H3/b7-6+,21-11-,30-25?. The highest BCUT2D eigenvalue weighted by Gasteiger charge is 2.16. The van der Waals surface area contributed by atoms with Crippen LogP contribution in [-0.2, 0) is 16.1 Å². The zero-order valence-electron chi connectivity index (χ0n) is 20.6. The van der Waals surface area contributed by atoms with Crippen LogP contribution in [0, 0.1) is 18.3 Å². The lowest BCUT2D eigenvalue weighted by Crippen LogP contribution is -2.30. The molecule has 3 rings (SSSR count). The molecule has 8 nitrogen and oxygen atoms in total. The molecule has 0 fully saturated rings. The zero-order valence-corrected chi connectivity index (χ0v) is 22.2. The third-order valence-corrected chi connectivity index (χ3v) is 5.82. The number of hydrogen-bond donors (Lipinski definition) is 0. The molecule has 0 unspecified atom stereocenters. The van der Waals surface area contributed by atoms with Gasteiger partial charge in [-0.15, -0.1) is 0 Å². The molecule has 0 saturated heterocycles. The number of halogens is 1. The summed E-state index contributed by atoms with van der Waals surface area (Å²) in [6, 6.07) is 7.21. The first-order chi connectivity index (χ1) is 17.3. The smallest absolute Gasteiger partial charge is 0.267 e. The Bertz CT molecular complexity index is 1540. The quantitative estimate of drug-likeness (QED) is 0.222. The highest BCUT2D eigenvalue weighted by molar-refractivity contribution is 9.11. The van der Waals surface area contributed by atoms with Gasteiger partial charge in [-0.1, -0.05) is 52.9 Å². The fourth-order valence-corrected chi connectivity index (χ4v) is 4.04. The fraction of sp³-hybridized carbons (Fsp3) is 0.296. The molecule has 0 aliphatic rings.